The van der Waals surface area contributed by atoms with Gasteiger partial charge >= 0.3 is 5.97 Å². The number of carboxylic acids is 1. The number of nitrogens with one attached hydrogen (secondary N) is 1. The zero-order valence-electron chi connectivity index (χ0n) is 23.5. The van der Waals surface area contributed by atoms with Gasteiger partial charge in [-0.2, -0.15) is 5.10 Å². The highest BCUT2D eigenvalue weighted by Gasteiger charge is 2.41. The van der Waals surface area contributed by atoms with Crippen LogP contribution in [-0.2, 0) is 11.4 Å². The minimum Gasteiger partial charge on any atom is -0.489 e. The van der Waals surface area contributed by atoms with Crippen LogP contribution in [0.3, 0.4) is 0 Å². The first-order chi connectivity index (χ1) is 21.0. The number of carbonyl (C=O) groups excluding carboxylic acids is 1. The summed E-state index contributed by atoms with van der Waals surface area (Å²) in [5.74, 6) is 0.171. The molecule has 7 nitrogen and oxygen atoms in total. The number of carboxylic acid groups (broad SMARTS) is 1. The number of carbonyl (C=O) groups is 2. The molecule has 0 fully saturated rings. The largest absolute Gasteiger partial charge is 0.489 e. The quantitative estimate of drug-likeness (QED) is 0.205. The van der Waals surface area contributed by atoms with E-state index in [2.05, 4.69) is 11.4 Å². The lowest BCUT2D eigenvalue weighted by molar-refractivity contribution is -0.116. The number of thiophene rings is 1. The molecule has 0 amide bonds. The standard InChI is InChI=1S/C35H29N3O4S/c1-21-31-32(23-11-7-12-25(17-23)42-20-22-9-3-2-4-10-22)33-27(18-24(19-29(33)39)30-15-8-16-43-30)36-34(31)38(37-21)28-14-6-5-13-26(28)35(40)41/h2-17,24,32,36H,18-20H2,1H3,(H,40,41)/t24-,32-/m1/s1. The molecule has 0 saturated heterocycles. The molecule has 214 valence electrons. The molecular weight excluding hydrogens is 558 g/mol. The molecular formula is C35H29N3O4S. The van der Waals surface area contributed by atoms with Gasteiger partial charge in [-0.3, -0.25) is 4.79 Å². The molecule has 3 heterocycles. The topological polar surface area (TPSA) is 93.5 Å². The summed E-state index contributed by atoms with van der Waals surface area (Å²) in [6, 6.07) is 28.9. The summed E-state index contributed by atoms with van der Waals surface area (Å²) in [6.45, 7) is 2.34. The molecule has 5 aromatic rings. The molecule has 1 aliphatic carbocycles. The summed E-state index contributed by atoms with van der Waals surface area (Å²) in [4.78, 5) is 27.4. The number of hydrogen-bond acceptors (Lipinski definition) is 6. The average molecular weight is 588 g/mol. The Labute approximate surface area is 253 Å². The van der Waals surface area contributed by atoms with Gasteiger partial charge in [0.15, 0.2) is 5.78 Å². The minimum atomic E-state index is -1.03. The highest BCUT2D eigenvalue weighted by molar-refractivity contribution is 7.10. The van der Waals surface area contributed by atoms with Crippen molar-refractivity contribution in [2.45, 2.75) is 38.2 Å². The number of anilines is 1. The number of para-hydroxylation sites is 1. The number of rotatable bonds is 7. The molecule has 0 spiro atoms. The van der Waals surface area contributed by atoms with Gasteiger partial charge in [0.1, 0.15) is 18.2 Å². The van der Waals surface area contributed by atoms with Crippen molar-refractivity contribution >= 4 is 28.9 Å². The lowest BCUT2D eigenvalue weighted by atomic mass is 9.73. The molecule has 0 bridgehead atoms. The number of Topliss-reactive ketones (excluding diaryl/α,β-unsaturated/α-hetero) is 1. The van der Waals surface area contributed by atoms with Crippen LogP contribution in [0.25, 0.3) is 5.69 Å². The van der Waals surface area contributed by atoms with Crippen LogP contribution in [0, 0.1) is 6.92 Å². The van der Waals surface area contributed by atoms with Crippen LogP contribution in [0.15, 0.2) is 108 Å². The monoisotopic (exact) mass is 587 g/mol. The van der Waals surface area contributed by atoms with Crippen molar-refractivity contribution in [3.05, 3.63) is 140 Å². The Morgan fingerprint density at radius 2 is 1.84 bits per heavy atom. The predicted octanol–water partition coefficient (Wildman–Crippen LogP) is 7.48. The minimum absolute atomic E-state index is 0.0743. The first kappa shape index (κ1) is 26.9. The summed E-state index contributed by atoms with van der Waals surface area (Å²) < 4.78 is 7.87. The Bertz CT molecular complexity index is 1870. The summed E-state index contributed by atoms with van der Waals surface area (Å²) in [6.07, 6.45) is 1.11. The number of allylic oxidation sites excluding steroid dienone is 2. The Kier molecular flexibility index (Phi) is 6.91. The zero-order valence-corrected chi connectivity index (χ0v) is 24.3. The van der Waals surface area contributed by atoms with Gasteiger partial charge < -0.3 is 15.2 Å². The van der Waals surface area contributed by atoms with Gasteiger partial charge in [0.2, 0.25) is 0 Å². The van der Waals surface area contributed by atoms with Crippen molar-refractivity contribution < 1.29 is 19.4 Å². The van der Waals surface area contributed by atoms with Gasteiger partial charge in [-0.05, 0) is 60.2 Å². The van der Waals surface area contributed by atoms with Gasteiger partial charge in [0.25, 0.3) is 0 Å². The number of ether oxygens (including phenoxy) is 1. The Morgan fingerprint density at radius 3 is 2.63 bits per heavy atom. The van der Waals surface area contributed by atoms with E-state index in [9.17, 15) is 14.7 Å². The fraction of sp³-hybridized carbons (Fsp3) is 0.171. The predicted molar refractivity (Wildman–Crippen MR) is 166 cm³/mol. The van der Waals surface area contributed by atoms with Gasteiger partial charge in [-0.15, -0.1) is 11.3 Å². The van der Waals surface area contributed by atoms with Crippen molar-refractivity contribution in [3.8, 4) is 11.4 Å². The van der Waals surface area contributed by atoms with Crippen LogP contribution in [0.4, 0.5) is 5.82 Å². The number of aromatic carboxylic acids is 1. The normalized spacial score (nSPS) is 17.7. The molecule has 2 N–H and O–H groups in total. The van der Waals surface area contributed by atoms with Gasteiger partial charge in [0.05, 0.1) is 16.9 Å². The van der Waals surface area contributed by atoms with Crippen molar-refractivity contribution in [2.75, 3.05) is 5.32 Å². The summed E-state index contributed by atoms with van der Waals surface area (Å²) in [5.41, 5.74) is 5.80. The van der Waals surface area contributed by atoms with Crippen LogP contribution in [0.2, 0.25) is 0 Å². The first-order valence-corrected chi connectivity index (χ1v) is 15.1. The van der Waals surface area contributed by atoms with Crippen LogP contribution >= 0.6 is 11.3 Å². The Balaban J connectivity index is 1.36. The van der Waals surface area contributed by atoms with Crippen molar-refractivity contribution in [1.82, 2.24) is 9.78 Å². The molecule has 2 atom stereocenters. The molecule has 7 rings (SSSR count). The van der Waals surface area contributed by atoms with E-state index in [0.717, 1.165) is 33.7 Å². The maximum absolute atomic E-state index is 14.0. The molecule has 2 aromatic heterocycles. The molecule has 0 saturated carbocycles. The smallest absolute Gasteiger partial charge is 0.337 e. The van der Waals surface area contributed by atoms with Crippen molar-refractivity contribution in [2.24, 2.45) is 0 Å². The van der Waals surface area contributed by atoms with Crippen LogP contribution in [0.5, 0.6) is 5.75 Å². The SMILES string of the molecule is Cc1nn(-c2ccccc2C(=O)O)c2c1[C@@H](c1cccc(OCc3ccccc3)c1)C1=C(C[C@@H](c3cccs3)CC1=O)N2. The van der Waals surface area contributed by atoms with Gasteiger partial charge in [0, 0.05) is 40.0 Å². The second kappa shape index (κ2) is 11.0. The number of fused-ring (bicyclic) bond motifs is 1. The molecule has 0 radical (unpaired) electrons. The third kappa shape index (κ3) is 4.93. The van der Waals surface area contributed by atoms with Crippen LogP contribution in [-0.4, -0.2) is 26.6 Å². The zero-order chi connectivity index (χ0) is 29.5. The summed E-state index contributed by atoms with van der Waals surface area (Å²) in [7, 11) is 0. The van der Waals surface area contributed by atoms with E-state index in [-0.39, 0.29) is 23.2 Å². The van der Waals surface area contributed by atoms with E-state index in [1.165, 1.54) is 4.88 Å². The fourth-order valence-corrected chi connectivity index (χ4v) is 7.10. The highest BCUT2D eigenvalue weighted by Crippen LogP contribution is 2.50. The first-order valence-electron chi connectivity index (χ1n) is 14.2. The lowest BCUT2D eigenvalue weighted by Gasteiger charge is -2.35. The Hall–Kier alpha value is -4.95. The number of benzene rings is 3. The third-order valence-corrected chi connectivity index (χ3v) is 9.24. The lowest BCUT2D eigenvalue weighted by Crippen LogP contribution is -2.30. The van der Waals surface area contributed by atoms with E-state index in [4.69, 9.17) is 9.84 Å². The maximum Gasteiger partial charge on any atom is 0.337 e. The van der Waals surface area contributed by atoms with E-state index in [1.807, 2.05) is 73.0 Å². The average Bonchev–Trinajstić information content (AvgIpc) is 3.68. The highest BCUT2D eigenvalue weighted by atomic mass is 32.1. The molecule has 3 aromatic carbocycles. The molecule has 1 aliphatic heterocycles. The maximum atomic E-state index is 14.0. The van der Waals surface area contributed by atoms with E-state index < -0.39 is 5.97 Å². The Morgan fingerprint density at radius 1 is 1.02 bits per heavy atom. The second-order valence-corrected chi connectivity index (χ2v) is 11.9. The number of nitrogens with zero attached hydrogens (tertiary/aromatic N) is 2. The number of aromatic nitrogens is 2. The summed E-state index contributed by atoms with van der Waals surface area (Å²) >= 11 is 1.67. The second-order valence-electron chi connectivity index (χ2n) is 10.9. The molecule has 8 heteroatoms. The van der Waals surface area contributed by atoms with Crippen molar-refractivity contribution in [3.63, 3.8) is 0 Å². The summed E-state index contributed by atoms with van der Waals surface area (Å²) in [5, 5.41) is 20.4. The third-order valence-electron chi connectivity index (χ3n) is 8.21. The van der Waals surface area contributed by atoms with Crippen LogP contribution < -0.4 is 10.1 Å². The van der Waals surface area contributed by atoms with E-state index in [1.54, 1.807) is 40.3 Å². The van der Waals surface area contributed by atoms with Crippen molar-refractivity contribution in [1.29, 1.82) is 0 Å². The van der Waals surface area contributed by atoms with E-state index >= 15 is 0 Å². The fourth-order valence-electron chi connectivity index (χ4n) is 6.27. The number of ketones is 1. The number of hydrogen-bond donors (Lipinski definition) is 2. The van der Waals surface area contributed by atoms with E-state index in [0.29, 0.717) is 36.7 Å². The number of aryl methyl sites for hydroxylation is 1. The molecule has 43 heavy (non-hydrogen) atoms. The van der Waals surface area contributed by atoms with Gasteiger partial charge in [-0.25, -0.2) is 9.48 Å². The molecule has 2 aliphatic rings. The van der Waals surface area contributed by atoms with Gasteiger partial charge in [-0.1, -0.05) is 60.7 Å². The van der Waals surface area contributed by atoms with Crippen LogP contribution in [0.1, 0.15) is 62.3 Å². The molecule has 0 unspecified atom stereocenters.